The molecule has 0 fully saturated rings. The fraction of sp³-hybridized carbons (Fsp3) is 0.125. The van der Waals surface area contributed by atoms with Crippen LogP contribution >= 0.6 is 0 Å². The molecule has 0 saturated carbocycles. The average molecular weight is 151 g/mol. The van der Waals surface area contributed by atoms with Crippen molar-refractivity contribution in [2.45, 2.75) is 0 Å². The first-order chi connectivity index (χ1) is 5.11. The van der Waals surface area contributed by atoms with Crippen LogP contribution in [0.1, 0.15) is 5.56 Å². The highest BCUT2D eigenvalue weighted by Crippen LogP contribution is 2.03. The number of rotatable bonds is 1. The lowest BCUT2D eigenvalue weighted by molar-refractivity contribution is 0.513. The monoisotopic (exact) mass is 151 g/mol. The molecule has 0 saturated heterocycles. The lowest BCUT2D eigenvalue weighted by Gasteiger charge is -1.98. The molecule has 0 amide bonds. The largest absolute Gasteiger partial charge is 0.508 e. The predicted octanol–water partition coefficient (Wildman–Crippen LogP) is 0.914. The Morgan fingerprint density at radius 2 is 2.36 bits per heavy atom. The van der Waals surface area contributed by atoms with Gasteiger partial charge in [-0.2, -0.15) is 0 Å². The number of hydrogen-bond donors (Lipinski definition) is 1. The van der Waals surface area contributed by atoms with E-state index in [0.29, 0.717) is 5.56 Å². The third kappa shape index (κ3) is 1.49. The number of nitrogens with zero attached hydrogens (tertiary/aromatic N) is 1. The number of hydrogen-bond acceptors (Lipinski definition) is 2. The van der Waals surface area contributed by atoms with Crippen molar-refractivity contribution in [3.8, 4) is 0 Å². The molecule has 1 aromatic rings. The third-order valence-corrected chi connectivity index (χ3v) is 1.44. The van der Waals surface area contributed by atoms with Crippen LogP contribution in [-0.4, -0.2) is 9.67 Å². The minimum atomic E-state index is -0.155. The maximum atomic E-state index is 11.0. The quantitative estimate of drug-likeness (QED) is 0.606. The van der Waals surface area contributed by atoms with Crippen molar-refractivity contribution in [2.24, 2.45) is 7.05 Å². The van der Waals surface area contributed by atoms with Crippen molar-refractivity contribution in [1.29, 1.82) is 0 Å². The van der Waals surface area contributed by atoms with Crippen LogP contribution in [0.5, 0.6) is 0 Å². The van der Waals surface area contributed by atoms with E-state index >= 15 is 0 Å². The number of aromatic nitrogens is 1. The summed E-state index contributed by atoms with van der Waals surface area (Å²) in [5, 5.41) is 8.90. The Hall–Kier alpha value is -1.51. The molecule has 3 heteroatoms. The molecule has 1 heterocycles. The van der Waals surface area contributed by atoms with Crippen LogP contribution in [0, 0.1) is 0 Å². The van der Waals surface area contributed by atoms with Gasteiger partial charge in [0.2, 0.25) is 0 Å². The molecule has 0 aliphatic heterocycles. The van der Waals surface area contributed by atoms with E-state index in [1.54, 1.807) is 19.3 Å². The van der Waals surface area contributed by atoms with Crippen LogP contribution < -0.4 is 5.56 Å². The molecule has 0 aromatic carbocycles. The van der Waals surface area contributed by atoms with E-state index in [9.17, 15) is 4.79 Å². The van der Waals surface area contributed by atoms with Crippen LogP contribution in [0.4, 0.5) is 0 Å². The van der Waals surface area contributed by atoms with Gasteiger partial charge in [0.05, 0.1) is 0 Å². The van der Waals surface area contributed by atoms with Gasteiger partial charge < -0.3 is 9.67 Å². The molecule has 0 spiro atoms. The van der Waals surface area contributed by atoms with E-state index in [4.69, 9.17) is 5.11 Å². The number of aryl methyl sites for hydroxylation is 1. The van der Waals surface area contributed by atoms with Gasteiger partial charge in [-0.15, -0.1) is 0 Å². The Morgan fingerprint density at radius 1 is 1.73 bits per heavy atom. The van der Waals surface area contributed by atoms with Crippen molar-refractivity contribution >= 4 is 5.76 Å². The molecule has 0 atom stereocenters. The van der Waals surface area contributed by atoms with Crippen molar-refractivity contribution in [3.05, 3.63) is 40.8 Å². The smallest absolute Gasteiger partial charge is 0.250 e. The van der Waals surface area contributed by atoms with Crippen molar-refractivity contribution < 1.29 is 5.11 Å². The van der Waals surface area contributed by atoms with Gasteiger partial charge in [0.25, 0.3) is 5.56 Å². The van der Waals surface area contributed by atoms with Crippen LogP contribution in [0.25, 0.3) is 5.76 Å². The first-order valence-corrected chi connectivity index (χ1v) is 3.16. The number of pyridine rings is 1. The van der Waals surface area contributed by atoms with Gasteiger partial charge in [0.15, 0.2) is 0 Å². The van der Waals surface area contributed by atoms with Crippen molar-refractivity contribution in [3.63, 3.8) is 0 Å². The molecule has 1 aromatic heterocycles. The van der Waals surface area contributed by atoms with Gasteiger partial charge in [-0.05, 0) is 6.07 Å². The molecule has 1 rings (SSSR count). The van der Waals surface area contributed by atoms with E-state index in [1.807, 2.05) is 0 Å². The van der Waals surface area contributed by atoms with Gasteiger partial charge in [0, 0.05) is 24.9 Å². The van der Waals surface area contributed by atoms with Crippen LogP contribution in [-0.2, 0) is 7.05 Å². The maximum Gasteiger partial charge on any atom is 0.250 e. The molecular weight excluding hydrogens is 142 g/mol. The highest BCUT2D eigenvalue weighted by Gasteiger charge is 1.96. The summed E-state index contributed by atoms with van der Waals surface area (Å²) in [5.41, 5.74) is 0.311. The first-order valence-electron chi connectivity index (χ1n) is 3.16. The second-order valence-corrected chi connectivity index (χ2v) is 2.31. The van der Waals surface area contributed by atoms with E-state index in [1.165, 1.54) is 10.6 Å². The molecule has 0 radical (unpaired) electrons. The standard InChI is InChI=1S/C8H9NO2/c1-6(10)7-3-4-9(2)8(11)5-7/h3-5,10H,1H2,2H3. The van der Waals surface area contributed by atoms with Gasteiger partial charge in [0.1, 0.15) is 5.76 Å². The zero-order valence-electron chi connectivity index (χ0n) is 6.24. The Balaban J connectivity index is 3.26. The summed E-state index contributed by atoms with van der Waals surface area (Å²) < 4.78 is 1.42. The Bertz CT molecular complexity index is 338. The van der Waals surface area contributed by atoms with Gasteiger partial charge >= 0.3 is 0 Å². The summed E-state index contributed by atoms with van der Waals surface area (Å²) in [6.07, 6.45) is 1.58. The summed E-state index contributed by atoms with van der Waals surface area (Å²) in [6, 6.07) is 2.96. The summed E-state index contributed by atoms with van der Waals surface area (Å²) in [6.45, 7) is 3.30. The lowest BCUT2D eigenvalue weighted by atomic mass is 10.2. The molecule has 3 nitrogen and oxygen atoms in total. The maximum absolute atomic E-state index is 11.0. The average Bonchev–Trinajstić information content (AvgIpc) is 1.94. The minimum absolute atomic E-state index is 0.0808. The zero-order chi connectivity index (χ0) is 8.43. The molecule has 0 unspecified atom stereocenters. The van der Waals surface area contributed by atoms with Gasteiger partial charge in [-0.1, -0.05) is 6.58 Å². The van der Waals surface area contributed by atoms with Crippen molar-refractivity contribution in [2.75, 3.05) is 0 Å². The second-order valence-electron chi connectivity index (χ2n) is 2.31. The Labute approximate surface area is 64.2 Å². The van der Waals surface area contributed by atoms with Crippen LogP contribution in [0.2, 0.25) is 0 Å². The van der Waals surface area contributed by atoms with Crippen LogP contribution in [0.3, 0.4) is 0 Å². The molecule has 58 valence electrons. The van der Waals surface area contributed by atoms with Gasteiger partial charge in [-0.3, -0.25) is 4.79 Å². The Morgan fingerprint density at radius 3 is 2.82 bits per heavy atom. The topological polar surface area (TPSA) is 42.2 Å². The fourth-order valence-corrected chi connectivity index (χ4v) is 0.728. The van der Waals surface area contributed by atoms with E-state index in [0.717, 1.165) is 0 Å². The third-order valence-electron chi connectivity index (χ3n) is 1.44. The summed E-state index contributed by atoms with van der Waals surface area (Å²) in [5.74, 6) is -0.0808. The second kappa shape index (κ2) is 2.62. The minimum Gasteiger partial charge on any atom is -0.508 e. The normalized spacial score (nSPS) is 9.55. The van der Waals surface area contributed by atoms with Crippen molar-refractivity contribution in [1.82, 2.24) is 4.57 Å². The van der Waals surface area contributed by atoms with E-state index < -0.39 is 0 Å². The SMILES string of the molecule is C=C(O)c1ccn(C)c(=O)c1. The zero-order valence-corrected chi connectivity index (χ0v) is 6.24. The lowest BCUT2D eigenvalue weighted by Crippen LogP contribution is -2.14. The molecule has 0 bridgehead atoms. The number of aliphatic hydroxyl groups excluding tert-OH is 1. The first kappa shape index (κ1) is 7.60. The highest BCUT2D eigenvalue weighted by molar-refractivity contribution is 5.54. The van der Waals surface area contributed by atoms with Gasteiger partial charge in [-0.25, -0.2) is 0 Å². The Kier molecular flexibility index (Phi) is 1.81. The molecule has 11 heavy (non-hydrogen) atoms. The summed E-state index contributed by atoms with van der Waals surface area (Å²) >= 11 is 0. The fourth-order valence-electron chi connectivity index (χ4n) is 0.728. The summed E-state index contributed by atoms with van der Waals surface area (Å²) in [7, 11) is 1.65. The van der Waals surface area contributed by atoms with E-state index in [-0.39, 0.29) is 11.3 Å². The number of aliphatic hydroxyl groups is 1. The van der Waals surface area contributed by atoms with Crippen LogP contribution in [0.15, 0.2) is 29.7 Å². The predicted molar refractivity (Wildman–Crippen MR) is 43.3 cm³/mol. The molecule has 0 aliphatic carbocycles. The summed E-state index contributed by atoms with van der Waals surface area (Å²) in [4.78, 5) is 11.0. The molecule has 1 N–H and O–H groups in total. The molecular formula is C8H9NO2. The molecule has 0 aliphatic rings. The highest BCUT2D eigenvalue weighted by atomic mass is 16.3. The van der Waals surface area contributed by atoms with E-state index in [2.05, 4.69) is 6.58 Å².